The van der Waals surface area contributed by atoms with Gasteiger partial charge in [0.1, 0.15) is 0 Å². The molecular weight excluding hydrogens is 346 g/mol. The van der Waals surface area contributed by atoms with Crippen molar-refractivity contribution in [1.29, 1.82) is 0 Å². The summed E-state index contributed by atoms with van der Waals surface area (Å²) in [7, 11) is 1.71. The summed E-state index contributed by atoms with van der Waals surface area (Å²) in [6, 6.07) is 30.2. The summed E-state index contributed by atoms with van der Waals surface area (Å²) in [6.07, 6.45) is 0. The maximum Gasteiger partial charge on any atom is 0.262 e. The summed E-state index contributed by atoms with van der Waals surface area (Å²) in [6.45, 7) is 0. The maximum absolute atomic E-state index is 13.3. The van der Waals surface area contributed by atoms with Crippen molar-refractivity contribution in [2.45, 2.75) is 0 Å². The summed E-state index contributed by atoms with van der Waals surface area (Å²) in [5.41, 5.74) is 3.60. The van der Waals surface area contributed by atoms with Gasteiger partial charge in [0.25, 0.3) is 5.56 Å². The number of benzene rings is 3. The first kappa shape index (κ1) is 17.7. The Labute approximate surface area is 163 Å². The number of hydrogen-bond acceptors (Lipinski definition) is 2. The smallest absolute Gasteiger partial charge is 0.262 e. The first-order chi connectivity index (χ1) is 13.7. The average Bonchev–Trinajstić information content (AvgIpc) is 2.77. The molecule has 0 fully saturated rings. The first-order valence-corrected chi connectivity index (χ1v) is 9.11. The molecule has 0 N–H and O–H groups in total. The Morgan fingerprint density at radius 1 is 0.714 bits per heavy atom. The van der Waals surface area contributed by atoms with Crippen molar-refractivity contribution in [3.05, 3.63) is 119 Å². The molecule has 136 valence electrons. The van der Waals surface area contributed by atoms with Crippen LogP contribution in [0.4, 0.5) is 0 Å². The molecule has 3 nitrogen and oxygen atoms in total. The van der Waals surface area contributed by atoms with E-state index >= 15 is 0 Å². The van der Waals surface area contributed by atoms with Crippen LogP contribution in [0.1, 0.15) is 15.9 Å². The van der Waals surface area contributed by atoms with E-state index in [2.05, 4.69) is 0 Å². The van der Waals surface area contributed by atoms with Gasteiger partial charge in [0.15, 0.2) is 5.78 Å². The lowest BCUT2D eigenvalue weighted by Crippen LogP contribution is -2.27. The van der Waals surface area contributed by atoms with Gasteiger partial charge in [-0.25, -0.2) is 0 Å². The Morgan fingerprint density at radius 2 is 1.21 bits per heavy atom. The molecule has 0 radical (unpaired) electrons. The minimum absolute atomic E-state index is 0.194. The fourth-order valence-electron chi connectivity index (χ4n) is 3.38. The largest absolute Gasteiger partial charge is 0.311 e. The lowest BCUT2D eigenvalue weighted by molar-refractivity contribution is 0.103. The van der Waals surface area contributed by atoms with E-state index in [1.54, 1.807) is 35.9 Å². The summed E-state index contributed by atoms with van der Waals surface area (Å²) < 4.78 is 1.55. The zero-order valence-corrected chi connectivity index (χ0v) is 15.5. The third-order valence-electron chi connectivity index (χ3n) is 4.85. The Hall–Kier alpha value is -3.72. The second-order valence-electron chi connectivity index (χ2n) is 6.61. The third kappa shape index (κ3) is 3.19. The molecule has 4 aromatic rings. The second kappa shape index (κ2) is 7.49. The molecule has 0 aliphatic heterocycles. The first-order valence-electron chi connectivity index (χ1n) is 9.11. The second-order valence-corrected chi connectivity index (χ2v) is 6.61. The number of hydrogen-bond donors (Lipinski definition) is 0. The van der Waals surface area contributed by atoms with E-state index in [0.29, 0.717) is 11.1 Å². The zero-order chi connectivity index (χ0) is 19.5. The number of pyridine rings is 1. The van der Waals surface area contributed by atoms with Gasteiger partial charge >= 0.3 is 0 Å². The van der Waals surface area contributed by atoms with Gasteiger partial charge in [-0.2, -0.15) is 0 Å². The Kier molecular flexibility index (Phi) is 4.73. The lowest BCUT2D eigenvalue weighted by Gasteiger charge is -2.15. The molecule has 0 amide bonds. The van der Waals surface area contributed by atoms with Crippen molar-refractivity contribution in [2.24, 2.45) is 7.05 Å². The van der Waals surface area contributed by atoms with Crippen LogP contribution in [0, 0.1) is 0 Å². The van der Waals surface area contributed by atoms with E-state index in [4.69, 9.17) is 0 Å². The van der Waals surface area contributed by atoms with Gasteiger partial charge in [-0.05, 0) is 17.2 Å². The normalized spacial score (nSPS) is 10.6. The van der Waals surface area contributed by atoms with Crippen LogP contribution in [0.15, 0.2) is 102 Å². The van der Waals surface area contributed by atoms with Gasteiger partial charge in [0.05, 0.1) is 11.3 Å². The van der Waals surface area contributed by atoms with Crippen molar-refractivity contribution in [2.75, 3.05) is 0 Å². The molecule has 28 heavy (non-hydrogen) atoms. The van der Waals surface area contributed by atoms with E-state index in [9.17, 15) is 9.59 Å². The Balaban J connectivity index is 2.02. The minimum atomic E-state index is -0.297. The Bertz CT molecular complexity index is 1180. The number of aromatic nitrogens is 1. The van der Waals surface area contributed by atoms with E-state index < -0.39 is 0 Å². The third-order valence-corrected chi connectivity index (χ3v) is 4.85. The highest BCUT2D eigenvalue weighted by Gasteiger charge is 2.22. The standard InChI is InChI=1S/C25H19NO2/c1-26-22(19-13-7-3-8-14-19)17-21(18-11-5-2-6-12-18)23(25(26)28)24(27)20-15-9-4-10-16-20/h2-17H,1H3. The monoisotopic (exact) mass is 365 g/mol. The van der Waals surface area contributed by atoms with Gasteiger partial charge in [0.2, 0.25) is 0 Å². The maximum atomic E-state index is 13.3. The highest BCUT2D eigenvalue weighted by atomic mass is 16.1. The predicted molar refractivity (Wildman–Crippen MR) is 112 cm³/mol. The van der Waals surface area contributed by atoms with Crippen molar-refractivity contribution in [3.8, 4) is 22.4 Å². The zero-order valence-electron chi connectivity index (χ0n) is 15.5. The van der Waals surface area contributed by atoms with Crippen LogP contribution in [0.5, 0.6) is 0 Å². The predicted octanol–water partition coefficient (Wildman–Crippen LogP) is 4.95. The average molecular weight is 365 g/mol. The molecule has 3 heteroatoms. The number of rotatable bonds is 4. The van der Waals surface area contributed by atoms with Crippen molar-refractivity contribution < 1.29 is 4.79 Å². The summed E-state index contributed by atoms with van der Waals surface area (Å²) in [5, 5.41) is 0. The molecule has 1 aromatic heterocycles. The van der Waals surface area contributed by atoms with Crippen LogP contribution in [0.25, 0.3) is 22.4 Å². The van der Waals surface area contributed by atoms with Crippen LogP contribution in [0.2, 0.25) is 0 Å². The molecule has 0 aliphatic carbocycles. The minimum Gasteiger partial charge on any atom is -0.311 e. The molecule has 0 bridgehead atoms. The van der Waals surface area contributed by atoms with Gasteiger partial charge in [-0.3, -0.25) is 9.59 Å². The summed E-state index contributed by atoms with van der Waals surface area (Å²) >= 11 is 0. The number of nitrogens with zero attached hydrogens (tertiary/aromatic N) is 1. The fraction of sp³-hybridized carbons (Fsp3) is 0.0400. The summed E-state index contributed by atoms with van der Waals surface area (Å²) in [4.78, 5) is 26.6. The van der Waals surface area contributed by atoms with E-state index in [-0.39, 0.29) is 16.9 Å². The van der Waals surface area contributed by atoms with Crippen LogP contribution < -0.4 is 5.56 Å². The lowest BCUT2D eigenvalue weighted by atomic mass is 9.93. The van der Waals surface area contributed by atoms with Crippen molar-refractivity contribution in [3.63, 3.8) is 0 Å². The molecule has 3 aromatic carbocycles. The van der Waals surface area contributed by atoms with Gasteiger partial charge < -0.3 is 4.57 Å². The Morgan fingerprint density at radius 3 is 1.79 bits per heavy atom. The topological polar surface area (TPSA) is 39.1 Å². The molecule has 0 aliphatic rings. The SMILES string of the molecule is Cn1c(-c2ccccc2)cc(-c2ccccc2)c(C(=O)c2ccccc2)c1=O. The van der Waals surface area contributed by atoms with Crippen molar-refractivity contribution >= 4 is 5.78 Å². The van der Waals surface area contributed by atoms with Crippen LogP contribution in [-0.2, 0) is 7.05 Å². The number of carbonyl (C=O) groups excluding carboxylic acids is 1. The molecule has 4 rings (SSSR count). The molecular formula is C25H19NO2. The van der Waals surface area contributed by atoms with E-state index in [1.165, 1.54) is 0 Å². The highest BCUT2D eigenvalue weighted by Crippen LogP contribution is 2.28. The molecule has 0 saturated carbocycles. The quantitative estimate of drug-likeness (QED) is 0.480. The van der Waals surface area contributed by atoms with E-state index in [0.717, 1.165) is 16.8 Å². The highest BCUT2D eigenvalue weighted by molar-refractivity contribution is 6.12. The molecule has 0 atom stereocenters. The van der Waals surface area contributed by atoms with Gasteiger partial charge in [0, 0.05) is 18.2 Å². The molecule has 0 spiro atoms. The van der Waals surface area contributed by atoms with E-state index in [1.807, 2.05) is 72.8 Å². The van der Waals surface area contributed by atoms with Crippen LogP contribution >= 0.6 is 0 Å². The number of ketones is 1. The fourth-order valence-corrected chi connectivity index (χ4v) is 3.38. The van der Waals surface area contributed by atoms with Crippen LogP contribution in [0.3, 0.4) is 0 Å². The molecule has 0 unspecified atom stereocenters. The van der Waals surface area contributed by atoms with Gasteiger partial charge in [-0.1, -0.05) is 91.0 Å². The molecule has 0 saturated heterocycles. The summed E-state index contributed by atoms with van der Waals surface area (Å²) in [5.74, 6) is -0.264. The molecule has 1 heterocycles. The van der Waals surface area contributed by atoms with Crippen LogP contribution in [-0.4, -0.2) is 10.4 Å². The number of carbonyl (C=O) groups is 1. The van der Waals surface area contributed by atoms with Crippen molar-refractivity contribution in [1.82, 2.24) is 4.57 Å². The van der Waals surface area contributed by atoms with Gasteiger partial charge in [-0.15, -0.1) is 0 Å².